The number of carbonyl (C=O) groups is 2. The molecular weight excluding hydrogens is 404 g/mol. The van der Waals surface area contributed by atoms with E-state index in [-0.39, 0.29) is 24.3 Å². The summed E-state index contributed by atoms with van der Waals surface area (Å²) in [4.78, 5) is 27.3. The van der Waals surface area contributed by atoms with Gasteiger partial charge >= 0.3 is 6.03 Å². The van der Waals surface area contributed by atoms with Gasteiger partial charge in [0.1, 0.15) is 11.8 Å². The molecule has 8 heteroatoms. The first-order chi connectivity index (χ1) is 14.2. The van der Waals surface area contributed by atoms with Gasteiger partial charge in [-0.2, -0.15) is 0 Å². The minimum atomic E-state index is -0.641. The van der Waals surface area contributed by atoms with Gasteiger partial charge < -0.3 is 25.6 Å². The predicted octanol–water partition coefficient (Wildman–Crippen LogP) is 1.96. The molecule has 7 nitrogen and oxygen atoms in total. The number of amides is 3. The molecule has 1 heterocycles. The second-order valence-electron chi connectivity index (χ2n) is 6.99. The minimum Gasteiger partial charge on any atom is -0.497 e. The zero-order chi connectivity index (χ0) is 20.5. The zero-order valence-electron chi connectivity index (χ0n) is 17.1. The molecule has 1 aliphatic rings. The van der Waals surface area contributed by atoms with Gasteiger partial charge in [-0.3, -0.25) is 4.79 Å². The quantitative estimate of drug-likeness (QED) is 0.624. The van der Waals surface area contributed by atoms with Crippen LogP contribution in [0.5, 0.6) is 5.75 Å². The van der Waals surface area contributed by atoms with Crippen LogP contribution in [0.1, 0.15) is 11.1 Å². The van der Waals surface area contributed by atoms with Crippen molar-refractivity contribution in [3.8, 4) is 5.75 Å². The fourth-order valence-corrected chi connectivity index (χ4v) is 3.22. The maximum Gasteiger partial charge on any atom is 0.318 e. The van der Waals surface area contributed by atoms with E-state index in [4.69, 9.17) is 4.74 Å². The summed E-state index contributed by atoms with van der Waals surface area (Å²) in [5.41, 5.74) is 1.96. The largest absolute Gasteiger partial charge is 0.497 e. The Balaban J connectivity index is 0.00000320. The number of hydrogen-bond donors (Lipinski definition) is 3. The number of rotatable bonds is 7. The highest BCUT2D eigenvalue weighted by molar-refractivity contribution is 5.87. The number of methoxy groups -OCH3 is 1. The molecule has 0 bridgehead atoms. The van der Waals surface area contributed by atoms with Crippen molar-refractivity contribution >= 4 is 24.3 Å². The maximum atomic E-state index is 12.9. The molecule has 0 aliphatic carbocycles. The molecular formula is C22H29ClN4O3. The molecule has 0 saturated carbocycles. The Bertz CT molecular complexity index is 796. The number of hydrogen-bond acceptors (Lipinski definition) is 4. The normalized spacial score (nSPS) is 14.2. The standard InChI is InChI=1S/C22H28N4O3.ClH/c1-29-19-9-7-18(8-10-19)16-24-21(27)20(15-17-5-3-2-4-6-17)25-22(28)26-13-11-23-12-14-26;/h2-10,20,23H,11-16H2,1H3,(H,24,27)(H,25,28);1H. The Morgan fingerprint density at radius 1 is 1.03 bits per heavy atom. The van der Waals surface area contributed by atoms with Gasteiger partial charge in [0.05, 0.1) is 7.11 Å². The van der Waals surface area contributed by atoms with E-state index in [1.165, 1.54) is 0 Å². The number of benzene rings is 2. The topological polar surface area (TPSA) is 82.7 Å². The lowest BCUT2D eigenvalue weighted by atomic mass is 10.1. The summed E-state index contributed by atoms with van der Waals surface area (Å²) in [6.45, 7) is 3.19. The molecule has 1 unspecified atom stereocenters. The van der Waals surface area contributed by atoms with Crippen LogP contribution in [-0.2, 0) is 17.8 Å². The van der Waals surface area contributed by atoms with E-state index >= 15 is 0 Å². The molecule has 0 aromatic heterocycles. The fraction of sp³-hybridized carbons (Fsp3) is 0.364. The molecule has 2 aromatic rings. The van der Waals surface area contributed by atoms with E-state index in [1.54, 1.807) is 12.0 Å². The van der Waals surface area contributed by atoms with Crippen LogP contribution in [0, 0.1) is 0 Å². The van der Waals surface area contributed by atoms with Gasteiger partial charge in [-0.1, -0.05) is 42.5 Å². The van der Waals surface area contributed by atoms with E-state index in [0.29, 0.717) is 26.1 Å². The molecule has 1 saturated heterocycles. The van der Waals surface area contributed by atoms with Gasteiger partial charge in [0.2, 0.25) is 5.91 Å². The van der Waals surface area contributed by atoms with Crippen molar-refractivity contribution in [3.05, 3.63) is 65.7 Å². The SMILES string of the molecule is COc1ccc(CNC(=O)C(Cc2ccccc2)NC(=O)N2CCNCC2)cc1.Cl. The molecule has 3 amide bonds. The molecule has 2 aromatic carbocycles. The van der Waals surface area contributed by atoms with Crippen LogP contribution in [0.25, 0.3) is 0 Å². The summed E-state index contributed by atoms with van der Waals surface area (Å²) < 4.78 is 5.16. The van der Waals surface area contributed by atoms with Crippen molar-refractivity contribution in [3.63, 3.8) is 0 Å². The van der Waals surface area contributed by atoms with E-state index < -0.39 is 6.04 Å². The first kappa shape index (κ1) is 23.5. The Hall–Kier alpha value is -2.77. The average molecular weight is 433 g/mol. The first-order valence-corrected chi connectivity index (χ1v) is 9.86. The lowest BCUT2D eigenvalue weighted by molar-refractivity contribution is -0.123. The molecule has 3 N–H and O–H groups in total. The highest BCUT2D eigenvalue weighted by atomic mass is 35.5. The van der Waals surface area contributed by atoms with Crippen LogP contribution in [-0.4, -0.2) is 56.2 Å². The second-order valence-corrected chi connectivity index (χ2v) is 6.99. The van der Waals surface area contributed by atoms with E-state index in [0.717, 1.165) is 30.0 Å². The Morgan fingerprint density at radius 3 is 2.33 bits per heavy atom. The van der Waals surface area contributed by atoms with Crippen LogP contribution in [0.3, 0.4) is 0 Å². The molecule has 0 radical (unpaired) electrons. The lowest BCUT2D eigenvalue weighted by Crippen LogP contribution is -2.55. The molecule has 1 aliphatic heterocycles. The highest BCUT2D eigenvalue weighted by Crippen LogP contribution is 2.11. The van der Waals surface area contributed by atoms with E-state index in [1.807, 2.05) is 54.6 Å². The number of nitrogens with zero attached hydrogens (tertiary/aromatic N) is 1. The van der Waals surface area contributed by atoms with Crippen molar-refractivity contribution in [1.82, 2.24) is 20.9 Å². The van der Waals surface area contributed by atoms with Crippen molar-refractivity contribution < 1.29 is 14.3 Å². The summed E-state index contributed by atoms with van der Waals surface area (Å²) in [5.74, 6) is 0.568. The summed E-state index contributed by atoms with van der Waals surface area (Å²) in [6.07, 6.45) is 0.438. The van der Waals surface area contributed by atoms with Crippen LogP contribution >= 0.6 is 12.4 Å². The molecule has 1 atom stereocenters. The summed E-state index contributed by atoms with van der Waals surface area (Å²) in [6, 6.07) is 16.4. The summed E-state index contributed by atoms with van der Waals surface area (Å²) in [5, 5.41) is 9.08. The minimum absolute atomic E-state index is 0. The second kappa shape index (κ2) is 12.0. The van der Waals surface area contributed by atoms with E-state index in [2.05, 4.69) is 16.0 Å². The van der Waals surface area contributed by atoms with Gasteiger partial charge in [0.25, 0.3) is 0 Å². The van der Waals surface area contributed by atoms with Crippen molar-refractivity contribution in [2.24, 2.45) is 0 Å². The Morgan fingerprint density at radius 2 is 1.70 bits per heavy atom. The molecule has 162 valence electrons. The summed E-state index contributed by atoms with van der Waals surface area (Å²) >= 11 is 0. The third-order valence-corrected chi connectivity index (χ3v) is 4.93. The first-order valence-electron chi connectivity index (χ1n) is 9.86. The van der Waals surface area contributed by atoms with Crippen molar-refractivity contribution in [2.75, 3.05) is 33.3 Å². The number of carbonyl (C=O) groups excluding carboxylic acids is 2. The summed E-state index contributed by atoms with van der Waals surface area (Å²) in [7, 11) is 1.62. The van der Waals surface area contributed by atoms with Crippen LogP contribution in [0.2, 0.25) is 0 Å². The number of halogens is 1. The third kappa shape index (κ3) is 6.93. The van der Waals surface area contributed by atoms with Gasteiger partial charge in [-0.05, 0) is 23.3 Å². The lowest BCUT2D eigenvalue weighted by Gasteiger charge is -2.29. The van der Waals surface area contributed by atoms with Gasteiger partial charge in [0, 0.05) is 39.1 Å². The van der Waals surface area contributed by atoms with E-state index in [9.17, 15) is 9.59 Å². The van der Waals surface area contributed by atoms with Crippen LogP contribution in [0.4, 0.5) is 4.79 Å². The Labute approximate surface area is 183 Å². The maximum absolute atomic E-state index is 12.9. The van der Waals surface area contributed by atoms with Crippen molar-refractivity contribution in [1.29, 1.82) is 0 Å². The van der Waals surface area contributed by atoms with Crippen LogP contribution in [0.15, 0.2) is 54.6 Å². The average Bonchev–Trinajstić information content (AvgIpc) is 2.78. The monoisotopic (exact) mass is 432 g/mol. The third-order valence-electron chi connectivity index (χ3n) is 4.93. The Kier molecular flexibility index (Phi) is 9.44. The number of urea groups is 1. The molecule has 1 fully saturated rings. The number of piperazine rings is 1. The smallest absolute Gasteiger partial charge is 0.318 e. The predicted molar refractivity (Wildman–Crippen MR) is 119 cm³/mol. The van der Waals surface area contributed by atoms with Crippen LogP contribution < -0.4 is 20.7 Å². The molecule has 0 spiro atoms. The zero-order valence-corrected chi connectivity index (χ0v) is 17.9. The van der Waals surface area contributed by atoms with Gasteiger partial charge in [0.15, 0.2) is 0 Å². The molecule has 30 heavy (non-hydrogen) atoms. The van der Waals surface area contributed by atoms with Gasteiger partial charge in [-0.25, -0.2) is 4.79 Å². The fourth-order valence-electron chi connectivity index (χ4n) is 3.22. The highest BCUT2D eigenvalue weighted by Gasteiger charge is 2.24. The number of ether oxygens (including phenoxy) is 1. The molecule has 3 rings (SSSR count). The van der Waals surface area contributed by atoms with Crippen molar-refractivity contribution in [2.45, 2.75) is 19.0 Å². The number of nitrogens with one attached hydrogen (secondary N) is 3. The van der Waals surface area contributed by atoms with Gasteiger partial charge in [-0.15, -0.1) is 12.4 Å².